The van der Waals surface area contributed by atoms with Crippen molar-refractivity contribution in [3.63, 3.8) is 0 Å². The molecule has 2 rings (SSSR count). The van der Waals surface area contributed by atoms with Crippen LogP contribution in [0.2, 0.25) is 0 Å². The Labute approximate surface area is 156 Å². The molecule has 0 aliphatic carbocycles. The summed E-state index contributed by atoms with van der Waals surface area (Å²) in [5.41, 5.74) is 1.78. The van der Waals surface area contributed by atoms with Crippen LogP contribution < -0.4 is 4.74 Å². The van der Waals surface area contributed by atoms with Crippen LogP contribution in [0.5, 0.6) is 5.75 Å². The van der Waals surface area contributed by atoms with Crippen molar-refractivity contribution in [1.82, 2.24) is 0 Å². The van der Waals surface area contributed by atoms with Gasteiger partial charge in [-0.3, -0.25) is 9.79 Å². The first-order chi connectivity index (χ1) is 12.8. The lowest BCUT2D eigenvalue weighted by Crippen LogP contribution is -2.36. The summed E-state index contributed by atoms with van der Waals surface area (Å²) in [6.45, 7) is 2.85. The molecule has 0 spiro atoms. The number of aliphatic imine (C=N–C) groups is 1. The molecule has 1 aliphatic heterocycles. The number of rotatable bonds is 6. The Morgan fingerprint density at radius 1 is 1.15 bits per heavy atom. The highest BCUT2D eigenvalue weighted by atomic mass is 16.5. The predicted octanol–water partition coefficient (Wildman–Crippen LogP) is 1.94. The molecular weight excluding hydrogens is 354 g/mol. The van der Waals surface area contributed by atoms with E-state index in [-0.39, 0.29) is 5.57 Å². The van der Waals surface area contributed by atoms with Gasteiger partial charge in [0.15, 0.2) is 6.61 Å². The van der Waals surface area contributed by atoms with E-state index in [1.807, 2.05) is 0 Å². The summed E-state index contributed by atoms with van der Waals surface area (Å²) in [5, 5.41) is 8.79. The van der Waals surface area contributed by atoms with Gasteiger partial charge in [-0.2, -0.15) is 0 Å². The van der Waals surface area contributed by atoms with Gasteiger partial charge in [-0.25, -0.2) is 9.59 Å². The monoisotopic (exact) mass is 375 g/mol. The van der Waals surface area contributed by atoms with Crippen molar-refractivity contribution in [3.8, 4) is 5.75 Å². The minimum atomic E-state index is -1.11. The van der Waals surface area contributed by atoms with Gasteiger partial charge in [-0.15, -0.1) is 0 Å². The highest BCUT2D eigenvalue weighted by Gasteiger charge is 2.42. The molecule has 1 aliphatic rings. The Balaban J connectivity index is 2.57. The molecule has 0 bridgehead atoms. The van der Waals surface area contributed by atoms with E-state index >= 15 is 0 Å². The Hall–Kier alpha value is -3.16. The number of nitrogens with zero attached hydrogens (tertiary/aromatic N) is 1. The number of carboxylic acid groups (broad SMARTS) is 1. The SMILES string of the molecule is COC(=O)C1=C(C)N=C(C)C(C(=O)OC)C1c1cccc(OCC(=O)O)c1. The number of ether oxygens (including phenoxy) is 3. The molecule has 144 valence electrons. The average molecular weight is 375 g/mol. The molecule has 1 aromatic rings. The summed E-state index contributed by atoms with van der Waals surface area (Å²) < 4.78 is 15.0. The second-order valence-electron chi connectivity index (χ2n) is 5.98. The molecule has 2 atom stereocenters. The Morgan fingerprint density at radius 2 is 1.85 bits per heavy atom. The number of methoxy groups -OCH3 is 2. The molecule has 0 aromatic heterocycles. The number of carbonyl (C=O) groups excluding carboxylic acids is 2. The molecule has 27 heavy (non-hydrogen) atoms. The van der Waals surface area contributed by atoms with E-state index in [1.54, 1.807) is 38.1 Å². The summed E-state index contributed by atoms with van der Waals surface area (Å²) in [7, 11) is 2.52. The quantitative estimate of drug-likeness (QED) is 0.756. The number of hydrogen-bond acceptors (Lipinski definition) is 7. The van der Waals surface area contributed by atoms with Crippen LogP contribution >= 0.6 is 0 Å². The summed E-state index contributed by atoms with van der Waals surface area (Å²) in [5.74, 6) is -3.45. The molecule has 0 saturated carbocycles. The van der Waals surface area contributed by atoms with Crippen LogP contribution in [0.15, 0.2) is 40.5 Å². The first-order valence-corrected chi connectivity index (χ1v) is 8.16. The van der Waals surface area contributed by atoms with Crippen molar-refractivity contribution in [2.75, 3.05) is 20.8 Å². The number of esters is 2. The molecule has 8 heteroatoms. The van der Waals surface area contributed by atoms with Crippen LogP contribution in [0.1, 0.15) is 25.3 Å². The third-order valence-electron chi connectivity index (χ3n) is 4.27. The number of hydrogen-bond donors (Lipinski definition) is 1. The Bertz CT molecular complexity index is 825. The predicted molar refractivity (Wildman–Crippen MR) is 95.6 cm³/mol. The van der Waals surface area contributed by atoms with E-state index in [0.29, 0.717) is 22.7 Å². The van der Waals surface area contributed by atoms with Gasteiger partial charge in [0.05, 0.1) is 19.8 Å². The topological polar surface area (TPSA) is 111 Å². The van der Waals surface area contributed by atoms with E-state index in [2.05, 4.69) is 4.99 Å². The van der Waals surface area contributed by atoms with Crippen molar-refractivity contribution in [1.29, 1.82) is 0 Å². The number of aliphatic carboxylic acids is 1. The number of benzene rings is 1. The summed E-state index contributed by atoms with van der Waals surface area (Å²) >= 11 is 0. The molecule has 8 nitrogen and oxygen atoms in total. The van der Waals surface area contributed by atoms with E-state index in [4.69, 9.17) is 19.3 Å². The van der Waals surface area contributed by atoms with Crippen molar-refractivity contribution in [2.24, 2.45) is 10.9 Å². The molecule has 1 N–H and O–H groups in total. The smallest absolute Gasteiger partial charge is 0.341 e. The Kier molecular flexibility index (Phi) is 6.33. The molecule has 1 aromatic carbocycles. The van der Waals surface area contributed by atoms with Crippen molar-refractivity contribution < 1.29 is 33.7 Å². The van der Waals surface area contributed by atoms with Gasteiger partial charge < -0.3 is 19.3 Å². The lowest BCUT2D eigenvalue weighted by atomic mass is 9.75. The van der Waals surface area contributed by atoms with Crippen LogP contribution in [0.25, 0.3) is 0 Å². The second-order valence-corrected chi connectivity index (χ2v) is 5.98. The van der Waals surface area contributed by atoms with E-state index in [9.17, 15) is 14.4 Å². The molecular formula is C19H21NO7. The molecule has 0 fully saturated rings. The van der Waals surface area contributed by atoms with Crippen LogP contribution in [0, 0.1) is 5.92 Å². The van der Waals surface area contributed by atoms with Crippen molar-refractivity contribution in [2.45, 2.75) is 19.8 Å². The molecule has 2 unspecified atom stereocenters. The maximum atomic E-state index is 12.4. The largest absolute Gasteiger partial charge is 0.482 e. The first-order valence-electron chi connectivity index (χ1n) is 8.16. The van der Waals surface area contributed by atoms with Crippen LogP contribution in [0.4, 0.5) is 0 Å². The Morgan fingerprint density at radius 3 is 2.44 bits per heavy atom. The zero-order valence-electron chi connectivity index (χ0n) is 15.5. The van der Waals surface area contributed by atoms with Gasteiger partial charge in [0.2, 0.25) is 0 Å². The first kappa shape index (κ1) is 20.2. The summed E-state index contributed by atoms with van der Waals surface area (Å²) in [4.78, 5) is 39.9. The number of carboxylic acids is 1. The zero-order chi connectivity index (χ0) is 20.1. The fourth-order valence-electron chi connectivity index (χ4n) is 3.15. The lowest BCUT2D eigenvalue weighted by Gasteiger charge is -2.31. The highest BCUT2D eigenvalue weighted by molar-refractivity contribution is 6.06. The second kappa shape index (κ2) is 8.48. The summed E-state index contributed by atoms with van der Waals surface area (Å²) in [6, 6.07) is 6.57. The fourth-order valence-corrected chi connectivity index (χ4v) is 3.15. The maximum absolute atomic E-state index is 12.4. The molecule has 0 radical (unpaired) electrons. The van der Waals surface area contributed by atoms with Crippen molar-refractivity contribution >= 4 is 23.6 Å². The van der Waals surface area contributed by atoms with Gasteiger partial charge in [0.25, 0.3) is 0 Å². The molecule has 1 heterocycles. The third-order valence-corrected chi connectivity index (χ3v) is 4.27. The van der Waals surface area contributed by atoms with Crippen LogP contribution in [-0.4, -0.2) is 49.6 Å². The molecule has 0 amide bonds. The maximum Gasteiger partial charge on any atom is 0.341 e. The number of carbonyl (C=O) groups is 3. The summed E-state index contributed by atoms with van der Waals surface area (Å²) in [6.07, 6.45) is 0. The average Bonchev–Trinajstić information content (AvgIpc) is 2.64. The standard InChI is InChI=1S/C19H21NO7/c1-10-15(18(23)25-3)17(16(11(2)20-10)19(24)26-4)12-6-5-7-13(8-12)27-9-14(21)22/h5-8,15,17H,9H2,1-4H3,(H,21,22). The zero-order valence-corrected chi connectivity index (χ0v) is 15.5. The van der Waals surface area contributed by atoms with E-state index in [1.165, 1.54) is 14.2 Å². The normalized spacial score (nSPS) is 19.2. The third kappa shape index (κ3) is 4.33. The van der Waals surface area contributed by atoms with E-state index < -0.39 is 36.4 Å². The van der Waals surface area contributed by atoms with Crippen LogP contribution in [-0.2, 0) is 23.9 Å². The van der Waals surface area contributed by atoms with Crippen molar-refractivity contribution in [3.05, 3.63) is 41.1 Å². The van der Waals surface area contributed by atoms with Gasteiger partial charge in [-0.1, -0.05) is 12.1 Å². The highest BCUT2D eigenvalue weighted by Crippen LogP contribution is 2.40. The van der Waals surface area contributed by atoms with E-state index in [0.717, 1.165) is 0 Å². The number of allylic oxidation sites excluding steroid dienone is 1. The van der Waals surface area contributed by atoms with Gasteiger partial charge in [-0.05, 0) is 31.5 Å². The minimum absolute atomic E-state index is 0.244. The van der Waals surface area contributed by atoms with Gasteiger partial charge in [0.1, 0.15) is 11.7 Å². The van der Waals surface area contributed by atoms with Gasteiger partial charge >= 0.3 is 17.9 Å². The molecule has 0 saturated heterocycles. The minimum Gasteiger partial charge on any atom is -0.482 e. The van der Waals surface area contributed by atoms with Crippen LogP contribution in [0.3, 0.4) is 0 Å². The van der Waals surface area contributed by atoms with Gasteiger partial charge in [0, 0.05) is 17.3 Å². The fraction of sp³-hybridized carbons (Fsp3) is 0.368. The lowest BCUT2D eigenvalue weighted by molar-refractivity contribution is -0.144.